The zero-order valence-electron chi connectivity index (χ0n) is 17.9. The van der Waals surface area contributed by atoms with Gasteiger partial charge in [-0.3, -0.25) is 4.79 Å². The Balaban J connectivity index is 1.40. The Kier molecular flexibility index (Phi) is 4.95. The van der Waals surface area contributed by atoms with Crippen LogP contribution in [0.4, 0.5) is 0 Å². The molecule has 0 bridgehead atoms. The highest BCUT2D eigenvalue weighted by Crippen LogP contribution is 2.31. The Hall–Kier alpha value is -3.98. The molecule has 0 unspecified atom stereocenters. The fraction of sp³-hybridized carbons (Fsp3) is 0.231. The van der Waals surface area contributed by atoms with Crippen LogP contribution in [0.5, 0.6) is 0 Å². The zero-order chi connectivity index (χ0) is 22.1. The third-order valence-electron chi connectivity index (χ3n) is 6.24. The van der Waals surface area contributed by atoms with Crippen LogP contribution >= 0.6 is 0 Å². The number of piperidine rings is 1. The van der Waals surface area contributed by atoms with Crippen LogP contribution < -0.4 is 0 Å². The lowest BCUT2D eigenvalue weighted by molar-refractivity contribution is 0.0656. The first-order valence-corrected chi connectivity index (χ1v) is 10.8. The molecule has 4 aromatic rings. The minimum atomic E-state index is -0.345. The van der Waals surface area contributed by atoms with Gasteiger partial charge in [-0.05, 0) is 49.6 Å². The number of aromatic amines is 1. The summed E-state index contributed by atoms with van der Waals surface area (Å²) in [6.45, 7) is 3.11. The summed E-state index contributed by atoms with van der Waals surface area (Å²) >= 11 is 0. The summed E-state index contributed by atoms with van der Waals surface area (Å²) in [6.07, 6.45) is 3.16. The van der Waals surface area contributed by atoms with Gasteiger partial charge in [0.2, 0.25) is 0 Å². The summed E-state index contributed by atoms with van der Waals surface area (Å²) in [6, 6.07) is 22.1. The molecule has 5 rings (SSSR count). The number of nitrogens with one attached hydrogen (secondary N) is 1. The van der Waals surface area contributed by atoms with Crippen molar-refractivity contribution >= 4 is 16.9 Å². The highest BCUT2D eigenvalue weighted by molar-refractivity contribution is 5.93. The number of hydrogen-bond acceptors (Lipinski definition) is 4. The van der Waals surface area contributed by atoms with Crippen LogP contribution in [0, 0.1) is 16.7 Å². The van der Waals surface area contributed by atoms with E-state index < -0.39 is 0 Å². The Labute approximate surface area is 186 Å². The number of carbonyl (C=O) groups excluding carboxylic acids is 1. The van der Waals surface area contributed by atoms with Crippen molar-refractivity contribution in [2.24, 2.45) is 5.41 Å². The predicted molar refractivity (Wildman–Crippen MR) is 124 cm³/mol. The van der Waals surface area contributed by atoms with E-state index in [-0.39, 0.29) is 11.3 Å². The number of nitriles is 1. The van der Waals surface area contributed by atoms with Gasteiger partial charge in [0.15, 0.2) is 0 Å². The summed E-state index contributed by atoms with van der Waals surface area (Å²) in [4.78, 5) is 27.4. The maximum atomic E-state index is 13.0. The molecule has 1 saturated heterocycles. The third-order valence-corrected chi connectivity index (χ3v) is 6.24. The van der Waals surface area contributed by atoms with Crippen molar-refractivity contribution in [3.63, 3.8) is 0 Å². The molecule has 0 atom stereocenters. The predicted octanol–water partition coefficient (Wildman–Crippen LogP) is 5.06. The zero-order valence-corrected chi connectivity index (χ0v) is 17.9. The summed E-state index contributed by atoms with van der Waals surface area (Å²) in [5.41, 5.74) is 4.58. The van der Waals surface area contributed by atoms with Crippen LogP contribution in [0.3, 0.4) is 0 Å². The lowest BCUT2D eigenvalue weighted by Crippen LogP contribution is -2.41. The second-order valence-electron chi connectivity index (χ2n) is 8.58. The maximum absolute atomic E-state index is 13.0. The van der Waals surface area contributed by atoms with E-state index in [9.17, 15) is 10.1 Å². The standard InChI is InChI=1S/C26H23N5O/c1-26(17-27)10-12-31(13-11-26)25(32)22-9-5-8-21(29-22)20-14-19-15-23(30-24(19)28-16-20)18-6-3-2-4-7-18/h2-9,14-16H,10-13H2,1H3,(H,28,30). The number of fused-ring (bicyclic) bond motifs is 1. The molecule has 0 saturated carbocycles. The number of likely N-dealkylation sites (tertiary alicyclic amines) is 1. The van der Waals surface area contributed by atoms with Crippen molar-refractivity contribution in [1.82, 2.24) is 19.9 Å². The molecule has 3 aromatic heterocycles. The highest BCUT2D eigenvalue weighted by atomic mass is 16.2. The normalized spacial score (nSPS) is 15.4. The molecule has 1 fully saturated rings. The first-order valence-electron chi connectivity index (χ1n) is 10.8. The number of pyridine rings is 2. The van der Waals surface area contributed by atoms with Crippen LogP contribution in [0.25, 0.3) is 33.5 Å². The molecule has 158 valence electrons. The summed E-state index contributed by atoms with van der Waals surface area (Å²) in [5.74, 6) is -0.0890. The topological polar surface area (TPSA) is 85.7 Å². The molecule has 1 aliphatic rings. The van der Waals surface area contributed by atoms with Crippen molar-refractivity contribution in [1.29, 1.82) is 5.26 Å². The monoisotopic (exact) mass is 421 g/mol. The van der Waals surface area contributed by atoms with Crippen molar-refractivity contribution in [2.45, 2.75) is 19.8 Å². The van der Waals surface area contributed by atoms with E-state index in [2.05, 4.69) is 39.2 Å². The molecule has 4 heterocycles. The molecule has 1 aromatic carbocycles. The lowest BCUT2D eigenvalue weighted by Gasteiger charge is -2.34. The van der Waals surface area contributed by atoms with E-state index in [1.165, 1.54) is 0 Å². The van der Waals surface area contributed by atoms with Crippen LogP contribution in [-0.4, -0.2) is 38.8 Å². The molecular formula is C26H23N5O. The molecular weight excluding hydrogens is 398 g/mol. The van der Waals surface area contributed by atoms with Gasteiger partial charge >= 0.3 is 0 Å². The van der Waals surface area contributed by atoms with Gasteiger partial charge < -0.3 is 9.88 Å². The van der Waals surface area contributed by atoms with Gasteiger partial charge in [-0.25, -0.2) is 9.97 Å². The Morgan fingerprint density at radius 2 is 1.84 bits per heavy atom. The fourth-order valence-electron chi connectivity index (χ4n) is 4.12. The number of hydrogen-bond donors (Lipinski definition) is 1. The van der Waals surface area contributed by atoms with Crippen molar-refractivity contribution in [3.8, 4) is 28.6 Å². The van der Waals surface area contributed by atoms with Crippen LogP contribution in [0.2, 0.25) is 0 Å². The van der Waals surface area contributed by atoms with Gasteiger partial charge in [0.05, 0.1) is 17.2 Å². The SMILES string of the molecule is CC1(C#N)CCN(C(=O)c2cccc(-c3cnc4[nH]c(-c5ccccc5)cc4c3)n2)CC1. The number of carbonyl (C=O) groups is 1. The van der Waals surface area contributed by atoms with Gasteiger partial charge in [-0.1, -0.05) is 36.4 Å². The highest BCUT2D eigenvalue weighted by Gasteiger charge is 2.32. The smallest absolute Gasteiger partial charge is 0.272 e. The van der Waals surface area contributed by atoms with E-state index in [4.69, 9.17) is 0 Å². The van der Waals surface area contributed by atoms with Gasteiger partial charge in [-0.2, -0.15) is 5.26 Å². The average Bonchev–Trinajstić information content (AvgIpc) is 3.28. The first-order chi connectivity index (χ1) is 15.5. The number of amides is 1. The second kappa shape index (κ2) is 7.93. The van der Waals surface area contributed by atoms with Crippen LogP contribution in [0.1, 0.15) is 30.3 Å². The average molecular weight is 422 g/mol. The minimum absolute atomic E-state index is 0.0890. The summed E-state index contributed by atoms with van der Waals surface area (Å²) in [5, 5.41) is 10.3. The minimum Gasteiger partial charge on any atom is -0.339 e. The first kappa shape index (κ1) is 20.0. The Bertz CT molecular complexity index is 1330. The van der Waals surface area contributed by atoms with Crippen molar-refractivity contribution in [2.75, 3.05) is 13.1 Å². The van der Waals surface area contributed by atoms with E-state index in [0.29, 0.717) is 37.3 Å². The van der Waals surface area contributed by atoms with E-state index in [1.54, 1.807) is 17.2 Å². The molecule has 6 nitrogen and oxygen atoms in total. The number of rotatable bonds is 3. The van der Waals surface area contributed by atoms with Gasteiger partial charge in [0.25, 0.3) is 5.91 Å². The van der Waals surface area contributed by atoms with Crippen LogP contribution in [0.15, 0.2) is 66.9 Å². The number of nitrogens with zero attached hydrogens (tertiary/aromatic N) is 4. The maximum Gasteiger partial charge on any atom is 0.272 e. The summed E-state index contributed by atoms with van der Waals surface area (Å²) < 4.78 is 0. The van der Waals surface area contributed by atoms with E-state index in [1.807, 2.05) is 43.3 Å². The number of H-pyrrole nitrogens is 1. The Morgan fingerprint density at radius 3 is 2.59 bits per heavy atom. The van der Waals surface area contributed by atoms with Crippen molar-refractivity contribution in [3.05, 3.63) is 72.6 Å². The Morgan fingerprint density at radius 1 is 1.06 bits per heavy atom. The molecule has 32 heavy (non-hydrogen) atoms. The lowest BCUT2D eigenvalue weighted by atomic mass is 9.82. The molecule has 6 heteroatoms. The molecule has 0 aliphatic carbocycles. The summed E-state index contributed by atoms with van der Waals surface area (Å²) in [7, 11) is 0. The number of aromatic nitrogens is 3. The van der Waals surface area contributed by atoms with Gasteiger partial charge in [-0.15, -0.1) is 0 Å². The molecule has 1 aliphatic heterocycles. The van der Waals surface area contributed by atoms with E-state index in [0.717, 1.165) is 27.9 Å². The molecule has 0 radical (unpaired) electrons. The molecule has 0 spiro atoms. The van der Waals surface area contributed by atoms with E-state index >= 15 is 0 Å². The quantitative estimate of drug-likeness (QED) is 0.501. The van der Waals surface area contributed by atoms with Gasteiger partial charge in [0, 0.05) is 35.9 Å². The third kappa shape index (κ3) is 3.74. The molecule has 1 amide bonds. The van der Waals surface area contributed by atoms with Crippen LogP contribution in [-0.2, 0) is 0 Å². The van der Waals surface area contributed by atoms with Gasteiger partial charge in [0.1, 0.15) is 11.3 Å². The van der Waals surface area contributed by atoms with Crippen molar-refractivity contribution < 1.29 is 4.79 Å². The number of benzene rings is 1. The molecule has 1 N–H and O–H groups in total. The fourth-order valence-corrected chi connectivity index (χ4v) is 4.12. The second-order valence-corrected chi connectivity index (χ2v) is 8.58. The largest absolute Gasteiger partial charge is 0.339 e.